The third-order valence-corrected chi connectivity index (χ3v) is 3.95. The molecule has 1 aliphatic rings. The molecule has 1 aromatic rings. The maximum Gasteiger partial charge on any atom is 0.0991 e. The molecule has 3 heteroatoms. The SMILES string of the molecule is CCN1CCCCC1CNCc1ccc(C#N)cc1. The van der Waals surface area contributed by atoms with Gasteiger partial charge < -0.3 is 5.32 Å². The number of nitrogens with zero attached hydrogens (tertiary/aromatic N) is 2. The van der Waals surface area contributed by atoms with E-state index in [1.807, 2.05) is 24.3 Å². The van der Waals surface area contributed by atoms with Crippen molar-refractivity contribution in [3.8, 4) is 6.07 Å². The minimum Gasteiger partial charge on any atom is -0.311 e. The van der Waals surface area contributed by atoms with Crippen LogP contribution in [0.15, 0.2) is 24.3 Å². The Morgan fingerprint density at radius 2 is 2.11 bits per heavy atom. The molecule has 0 bridgehead atoms. The lowest BCUT2D eigenvalue weighted by Gasteiger charge is -2.35. The monoisotopic (exact) mass is 257 g/mol. The summed E-state index contributed by atoms with van der Waals surface area (Å²) in [5.41, 5.74) is 1.98. The normalized spacial score (nSPS) is 20.1. The summed E-state index contributed by atoms with van der Waals surface area (Å²) in [6, 6.07) is 10.7. The maximum atomic E-state index is 8.76. The summed E-state index contributed by atoms with van der Waals surface area (Å²) >= 11 is 0. The van der Waals surface area contributed by atoms with Crippen LogP contribution in [0.4, 0.5) is 0 Å². The fourth-order valence-electron chi connectivity index (χ4n) is 2.79. The lowest BCUT2D eigenvalue weighted by atomic mass is 10.0. The highest BCUT2D eigenvalue weighted by molar-refractivity contribution is 5.31. The van der Waals surface area contributed by atoms with E-state index in [0.717, 1.165) is 25.2 Å². The van der Waals surface area contributed by atoms with Gasteiger partial charge in [0.05, 0.1) is 11.6 Å². The van der Waals surface area contributed by atoms with Crippen LogP contribution in [-0.2, 0) is 6.54 Å². The predicted octanol–water partition coefficient (Wildman–Crippen LogP) is 2.52. The van der Waals surface area contributed by atoms with E-state index in [-0.39, 0.29) is 0 Å². The Balaban J connectivity index is 1.77. The first-order chi connectivity index (χ1) is 9.33. The van der Waals surface area contributed by atoms with Crippen molar-refractivity contribution in [3.05, 3.63) is 35.4 Å². The quantitative estimate of drug-likeness (QED) is 0.881. The standard InChI is InChI=1S/C16H23N3/c1-2-19-10-4-3-5-16(19)13-18-12-15-8-6-14(11-17)7-9-15/h6-9,16,18H,2-5,10,12-13H2,1H3. The average Bonchev–Trinajstić information content (AvgIpc) is 2.48. The van der Waals surface area contributed by atoms with Crippen LogP contribution >= 0.6 is 0 Å². The maximum absolute atomic E-state index is 8.76. The van der Waals surface area contributed by atoms with Crippen LogP contribution in [0.25, 0.3) is 0 Å². The van der Waals surface area contributed by atoms with Gasteiger partial charge in [-0.05, 0) is 43.6 Å². The van der Waals surface area contributed by atoms with Crippen LogP contribution in [0.2, 0.25) is 0 Å². The second kappa shape index (κ2) is 7.28. The minimum atomic E-state index is 0.692. The third kappa shape index (κ3) is 4.05. The van der Waals surface area contributed by atoms with E-state index < -0.39 is 0 Å². The largest absolute Gasteiger partial charge is 0.311 e. The number of benzene rings is 1. The molecule has 1 N–H and O–H groups in total. The van der Waals surface area contributed by atoms with Crippen LogP contribution in [0.1, 0.15) is 37.3 Å². The molecule has 3 nitrogen and oxygen atoms in total. The first kappa shape index (κ1) is 14.0. The van der Waals surface area contributed by atoms with Crippen molar-refractivity contribution in [3.63, 3.8) is 0 Å². The molecule has 19 heavy (non-hydrogen) atoms. The summed E-state index contributed by atoms with van der Waals surface area (Å²) in [4.78, 5) is 2.58. The van der Waals surface area contributed by atoms with Gasteiger partial charge in [0, 0.05) is 19.1 Å². The average molecular weight is 257 g/mol. The zero-order valence-corrected chi connectivity index (χ0v) is 11.7. The number of piperidine rings is 1. The van der Waals surface area contributed by atoms with Crippen LogP contribution in [-0.4, -0.2) is 30.6 Å². The molecule has 0 amide bonds. The lowest BCUT2D eigenvalue weighted by molar-refractivity contribution is 0.153. The molecule has 1 aromatic carbocycles. The summed E-state index contributed by atoms with van der Waals surface area (Å²) < 4.78 is 0. The van der Waals surface area contributed by atoms with Gasteiger partial charge >= 0.3 is 0 Å². The number of rotatable bonds is 5. The molecule has 1 atom stereocenters. The molecule has 1 saturated heterocycles. The van der Waals surface area contributed by atoms with Crippen molar-refractivity contribution >= 4 is 0 Å². The van der Waals surface area contributed by atoms with Crippen molar-refractivity contribution < 1.29 is 0 Å². The summed E-state index contributed by atoms with van der Waals surface area (Å²) in [6.45, 7) is 6.61. The predicted molar refractivity (Wildman–Crippen MR) is 77.7 cm³/mol. The van der Waals surface area contributed by atoms with Gasteiger partial charge in [-0.25, -0.2) is 0 Å². The van der Waals surface area contributed by atoms with Crippen molar-refractivity contribution in [2.45, 2.75) is 38.8 Å². The Bertz CT molecular complexity index is 419. The molecular formula is C16H23N3. The molecule has 1 aliphatic heterocycles. The van der Waals surface area contributed by atoms with E-state index in [9.17, 15) is 0 Å². The van der Waals surface area contributed by atoms with Gasteiger partial charge in [0.25, 0.3) is 0 Å². The molecule has 102 valence electrons. The van der Waals surface area contributed by atoms with Crippen molar-refractivity contribution in [2.75, 3.05) is 19.6 Å². The van der Waals surface area contributed by atoms with Crippen molar-refractivity contribution in [1.29, 1.82) is 5.26 Å². The van der Waals surface area contributed by atoms with E-state index in [2.05, 4.69) is 23.2 Å². The van der Waals surface area contributed by atoms with E-state index in [1.165, 1.54) is 31.4 Å². The summed E-state index contributed by atoms with van der Waals surface area (Å²) in [6.07, 6.45) is 4.02. The van der Waals surface area contributed by atoms with Crippen LogP contribution in [0.3, 0.4) is 0 Å². The molecule has 0 spiro atoms. The van der Waals surface area contributed by atoms with Gasteiger partial charge in [-0.2, -0.15) is 5.26 Å². The topological polar surface area (TPSA) is 39.1 Å². The molecule has 1 unspecified atom stereocenters. The van der Waals surface area contributed by atoms with E-state index in [0.29, 0.717) is 6.04 Å². The fourth-order valence-corrected chi connectivity index (χ4v) is 2.79. The summed E-state index contributed by atoms with van der Waals surface area (Å²) in [5, 5.41) is 12.3. The van der Waals surface area contributed by atoms with Gasteiger partial charge in [-0.15, -0.1) is 0 Å². The van der Waals surface area contributed by atoms with E-state index in [4.69, 9.17) is 5.26 Å². The van der Waals surface area contributed by atoms with Gasteiger partial charge in [0.2, 0.25) is 0 Å². The highest BCUT2D eigenvalue weighted by Gasteiger charge is 2.19. The molecule has 0 radical (unpaired) electrons. The number of hydrogen-bond donors (Lipinski definition) is 1. The molecular weight excluding hydrogens is 234 g/mol. The zero-order chi connectivity index (χ0) is 13.5. The Morgan fingerprint density at radius 1 is 1.32 bits per heavy atom. The molecule has 0 saturated carbocycles. The van der Waals surface area contributed by atoms with Crippen LogP contribution < -0.4 is 5.32 Å². The number of hydrogen-bond acceptors (Lipinski definition) is 3. The first-order valence-electron chi connectivity index (χ1n) is 7.27. The van der Waals surface area contributed by atoms with Gasteiger partial charge in [0.15, 0.2) is 0 Å². The van der Waals surface area contributed by atoms with E-state index >= 15 is 0 Å². The van der Waals surface area contributed by atoms with Gasteiger partial charge in [0.1, 0.15) is 0 Å². The lowest BCUT2D eigenvalue weighted by Crippen LogP contribution is -2.45. The van der Waals surface area contributed by atoms with Crippen LogP contribution in [0.5, 0.6) is 0 Å². The molecule has 2 rings (SSSR count). The van der Waals surface area contributed by atoms with Crippen LogP contribution in [0, 0.1) is 11.3 Å². The first-order valence-corrected chi connectivity index (χ1v) is 7.27. The number of nitrogens with one attached hydrogen (secondary N) is 1. The Hall–Kier alpha value is -1.37. The minimum absolute atomic E-state index is 0.692. The second-order valence-corrected chi connectivity index (χ2v) is 5.22. The Morgan fingerprint density at radius 3 is 2.79 bits per heavy atom. The van der Waals surface area contributed by atoms with E-state index in [1.54, 1.807) is 0 Å². The molecule has 1 heterocycles. The molecule has 0 aliphatic carbocycles. The number of likely N-dealkylation sites (tertiary alicyclic amines) is 1. The zero-order valence-electron chi connectivity index (χ0n) is 11.7. The van der Waals surface area contributed by atoms with Crippen molar-refractivity contribution in [2.24, 2.45) is 0 Å². The Labute approximate surface area is 116 Å². The molecule has 0 aromatic heterocycles. The van der Waals surface area contributed by atoms with Gasteiger partial charge in [-0.1, -0.05) is 25.5 Å². The number of likely N-dealkylation sites (N-methyl/N-ethyl adjacent to an activating group) is 1. The smallest absolute Gasteiger partial charge is 0.0991 e. The molecule has 1 fully saturated rings. The fraction of sp³-hybridized carbons (Fsp3) is 0.562. The second-order valence-electron chi connectivity index (χ2n) is 5.22. The highest BCUT2D eigenvalue weighted by atomic mass is 15.2. The van der Waals surface area contributed by atoms with Gasteiger partial charge in [-0.3, -0.25) is 4.90 Å². The Kier molecular flexibility index (Phi) is 5.38. The number of nitriles is 1. The summed E-state index contributed by atoms with van der Waals surface area (Å²) in [7, 11) is 0. The summed E-state index contributed by atoms with van der Waals surface area (Å²) in [5.74, 6) is 0. The third-order valence-electron chi connectivity index (χ3n) is 3.95. The highest BCUT2D eigenvalue weighted by Crippen LogP contribution is 2.15. The van der Waals surface area contributed by atoms with Crippen molar-refractivity contribution in [1.82, 2.24) is 10.2 Å².